The van der Waals surface area contributed by atoms with Crippen LogP contribution in [0.25, 0.3) is 0 Å². The zero-order valence-electron chi connectivity index (χ0n) is 19.5. The maximum absolute atomic E-state index is 12.6. The topological polar surface area (TPSA) is 72.3 Å². The van der Waals surface area contributed by atoms with Gasteiger partial charge in [0.15, 0.2) is 5.16 Å². The van der Waals surface area contributed by atoms with Crippen molar-refractivity contribution < 1.29 is 9.53 Å². The van der Waals surface area contributed by atoms with Gasteiger partial charge in [-0.25, -0.2) is 0 Å². The van der Waals surface area contributed by atoms with E-state index in [-0.39, 0.29) is 5.91 Å². The summed E-state index contributed by atoms with van der Waals surface area (Å²) < 4.78 is 8.07. The molecule has 0 radical (unpaired) electrons. The first-order chi connectivity index (χ1) is 16.7. The van der Waals surface area contributed by atoms with E-state index in [4.69, 9.17) is 4.74 Å². The predicted octanol–water partition coefficient (Wildman–Crippen LogP) is 5.16. The summed E-state index contributed by atoms with van der Waals surface area (Å²) in [5.74, 6) is 2.77. The van der Waals surface area contributed by atoms with Gasteiger partial charge in [-0.3, -0.25) is 9.36 Å². The minimum absolute atomic E-state index is 0.0540. The Morgan fingerprint density at radius 1 is 1.03 bits per heavy atom. The standard InChI is InChI=1S/C26H31N5O2S/c1-19-13-15-30(16-14-19)25-28-29-26(31(25)22-9-10-22)34-18-24(32)27-21-7-11-23(12-8-21)33-17-20-5-3-2-4-6-20/h2-8,11-12,19,22H,9-10,13-18H2,1H3,(H,27,32). The van der Waals surface area contributed by atoms with E-state index in [1.807, 2.05) is 54.6 Å². The lowest BCUT2D eigenvalue weighted by Gasteiger charge is -2.31. The largest absolute Gasteiger partial charge is 0.489 e. The van der Waals surface area contributed by atoms with Gasteiger partial charge in [0.2, 0.25) is 11.9 Å². The average molecular weight is 478 g/mol. The van der Waals surface area contributed by atoms with E-state index in [0.29, 0.717) is 18.4 Å². The molecule has 8 heteroatoms. The van der Waals surface area contributed by atoms with Crippen LogP contribution in [0.3, 0.4) is 0 Å². The Labute approximate surface area is 204 Å². The van der Waals surface area contributed by atoms with Crippen LogP contribution in [0.2, 0.25) is 0 Å². The Hall–Kier alpha value is -3.00. The predicted molar refractivity (Wildman–Crippen MR) is 135 cm³/mol. The van der Waals surface area contributed by atoms with Crippen LogP contribution >= 0.6 is 11.8 Å². The summed E-state index contributed by atoms with van der Waals surface area (Å²) >= 11 is 1.46. The van der Waals surface area contributed by atoms with Crippen molar-refractivity contribution in [2.45, 2.75) is 50.4 Å². The van der Waals surface area contributed by atoms with Gasteiger partial charge in [-0.1, -0.05) is 49.0 Å². The molecule has 2 aliphatic rings. The Morgan fingerprint density at radius 3 is 2.47 bits per heavy atom. The number of aromatic nitrogens is 3. The maximum Gasteiger partial charge on any atom is 0.234 e. The van der Waals surface area contributed by atoms with E-state index in [1.54, 1.807) is 0 Å². The number of nitrogens with one attached hydrogen (secondary N) is 1. The third-order valence-corrected chi connectivity index (χ3v) is 7.29. The average Bonchev–Trinajstić information content (AvgIpc) is 3.62. The van der Waals surface area contributed by atoms with Gasteiger partial charge in [-0.2, -0.15) is 0 Å². The third kappa shape index (κ3) is 5.73. The minimum atomic E-state index is -0.0540. The highest BCUT2D eigenvalue weighted by Gasteiger charge is 2.32. The molecule has 2 fully saturated rings. The Morgan fingerprint density at radius 2 is 1.76 bits per heavy atom. The normalized spacial score (nSPS) is 16.4. The molecule has 7 nitrogen and oxygen atoms in total. The maximum atomic E-state index is 12.6. The van der Waals surface area contributed by atoms with Gasteiger partial charge in [0.1, 0.15) is 12.4 Å². The van der Waals surface area contributed by atoms with Crippen molar-refractivity contribution in [2.24, 2.45) is 5.92 Å². The number of nitrogens with zero attached hydrogens (tertiary/aromatic N) is 4. The van der Waals surface area contributed by atoms with Crippen molar-refractivity contribution in [3.05, 3.63) is 60.2 Å². The number of thioether (sulfide) groups is 1. The van der Waals surface area contributed by atoms with Crippen molar-refractivity contribution in [3.63, 3.8) is 0 Å². The van der Waals surface area contributed by atoms with Crippen molar-refractivity contribution >= 4 is 29.3 Å². The van der Waals surface area contributed by atoms with E-state index in [9.17, 15) is 4.79 Å². The molecule has 1 saturated carbocycles. The quantitative estimate of drug-likeness (QED) is 0.429. The van der Waals surface area contributed by atoms with Crippen molar-refractivity contribution in [1.82, 2.24) is 14.8 Å². The summed E-state index contributed by atoms with van der Waals surface area (Å²) in [6, 6.07) is 18.0. The van der Waals surface area contributed by atoms with Crippen LogP contribution in [-0.2, 0) is 11.4 Å². The van der Waals surface area contributed by atoms with E-state index in [0.717, 1.165) is 60.0 Å². The zero-order chi connectivity index (χ0) is 23.3. The fourth-order valence-electron chi connectivity index (χ4n) is 4.15. The first kappa shape index (κ1) is 22.8. The van der Waals surface area contributed by atoms with E-state index >= 15 is 0 Å². The van der Waals surface area contributed by atoms with Gasteiger partial charge < -0.3 is 15.0 Å². The molecule has 1 aliphatic carbocycles. The minimum Gasteiger partial charge on any atom is -0.489 e. The smallest absolute Gasteiger partial charge is 0.234 e. The molecule has 3 aromatic rings. The highest BCUT2D eigenvalue weighted by Crippen LogP contribution is 2.41. The number of anilines is 2. The zero-order valence-corrected chi connectivity index (χ0v) is 20.3. The van der Waals surface area contributed by atoms with Crippen molar-refractivity contribution in [3.8, 4) is 5.75 Å². The lowest BCUT2D eigenvalue weighted by atomic mass is 10.00. The molecule has 5 rings (SSSR count). The van der Waals surface area contributed by atoms with Crippen LogP contribution in [-0.4, -0.2) is 39.5 Å². The van der Waals surface area contributed by atoms with Crippen LogP contribution in [0.4, 0.5) is 11.6 Å². The number of carbonyl (C=O) groups excluding carboxylic acids is 1. The molecule has 0 bridgehead atoms. The second-order valence-corrected chi connectivity index (χ2v) is 10.1. The molecule has 34 heavy (non-hydrogen) atoms. The molecule has 0 unspecified atom stereocenters. The number of hydrogen-bond acceptors (Lipinski definition) is 6. The second kappa shape index (κ2) is 10.5. The van der Waals surface area contributed by atoms with Crippen LogP contribution in [0, 0.1) is 5.92 Å². The van der Waals surface area contributed by atoms with E-state index < -0.39 is 0 Å². The van der Waals surface area contributed by atoms with Crippen LogP contribution in [0.5, 0.6) is 5.75 Å². The Kier molecular flexibility index (Phi) is 7.04. The third-order valence-electron chi connectivity index (χ3n) is 6.34. The summed E-state index contributed by atoms with van der Waals surface area (Å²) in [6.07, 6.45) is 4.71. The highest BCUT2D eigenvalue weighted by atomic mass is 32.2. The number of carbonyl (C=O) groups is 1. The number of piperidine rings is 1. The number of ether oxygens (including phenoxy) is 1. The van der Waals surface area contributed by atoms with Gasteiger partial charge in [-0.15, -0.1) is 10.2 Å². The molecule has 1 aromatic heterocycles. The lowest BCUT2D eigenvalue weighted by Crippen LogP contribution is -2.34. The fourth-order valence-corrected chi connectivity index (χ4v) is 4.95. The number of amides is 1. The number of benzene rings is 2. The Bertz CT molecular complexity index is 1090. The molecule has 1 saturated heterocycles. The molecular formula is C26H31N5O2S. The van der Waals surface area contributed by atoms with E-state index in [1.165, 1.54) is 24.6 Å². The number of rotatable bonds is 9. The van der Waals surface area contributed by atoms with Gasteiger partial charge in [0, 0.05) is 24.8 Å². The first-order valence-electron chi connectivity index (χ1n) is 12.0. The molecule has 0 spiro atoms. The second-order valence-electron chi connectivity index (χ2n) is 9.19. The molecule has 2 aromatic carbocycles. The van der Waals surface area contributed by atoms with E-state index in [2.05, 4.69) is 31.9 Å². The van der Waals surface area contributed by atoms with Crippen molar-refractivity contribution in [1.29, 1.82) is 0 Å². The van der Waals surface area contributed by atoms with Gasteiger partial charge in [0.25, 0.3) is 0 Å². The molecule has 178 valence electrons. The monoisotopic (exact) mass is 477 g/mol. The molecule has 1 amide bonds. The molecular weight excluding hydrogens is 446 g/mol. The highest BCUT2D eigenvalue weighted by molar-refractivity contribution is 7.99. The van der Waals surface area contributed by atoms with Crippen LogP contribution in [0.1, 0.15) is 44.2 Å². The van der Waals surface area contributed by atoms with Crippen molar-refractivity contribution in [2.75, 3.05) is 29.1 Å². The summed E-state index contributed by atoms with van der Waals surface area (Å²) in [5, 5.41) is 12.8. The van der Waals surface area contributed by atoms with Crippen LogP contribution < -0.4 is 15.0 Å². The van der Waals surface area contributed by atoms with Gasteiger partial charge in [0.05, 0.1) is 5.75 Å². The summed E-state index contributed by atoms with van der Waals surface area (Å²) in [4.78, 5) is 14.9. The molecule has 2 heterocycles. The first-order valence-corrected chi connectivity index (χ1v) is 13.0. The molecule has 1 aliphatic heterocycles. The SMILES string of the molecule is CC1CCN(c2nnc(SCC(=O)Nc3ccc(OCc4ccccc4)cc3)n2C2CC2)CC1. The van der Waals surface area contributed by atoms with Crippen LogP contribution in [0.15, 0.2) is 59.8 Å². The fraction of sp³-hybridized carbons (Fsp3) is 0.423. The molecule has 1 N–H and O–H groups in total. The summed E-state index contributed by atoms with van der Waals surface area (Å²) in [6.45, 7) is 4.89. The summed E-state index contributed by atoms with van der Waals surface area (Å²) in [7, 11) is 0. The van der Waals surface area contributed by atoms with Gasteiger partial charge >= 0.3 is 0 Å². The Balaban J connectivity index is 1.14. The summed E-state index contributed by atoms with van der Waals surface area (Å²) in [5.41, 5.74) is 1.87. The lowest BCUT2D eigenvalue weighted by molar-refractivity contribution is -0.113. The molecule has 0 atom stereocenters. The number of hydrogen-bond donors (Lipinski definition) is 1. The van der Waals surface area contributed by atoms with Gasteiger partial charge in [-0.05, 0) is 61.4 Å².